The summed E-state index contributed by atoms with van der Waals surface area (Å²) in [5.41, 5.74) is 0. The Morgan fingerprint density at radius 1 is 0.682 bits per heavy atom. The van der Waals surface area contributed by atoms with E-state index in [1.807, 2.05) is 0 Å². The highest BCUT2D eigenvalue weighted by Gasteiger charge is 2.13. The molecule has 0 bridgehead atoms. The van der Waals surface area contributed by atoms with Gasteiger partial charge in [0, 0.05) is 0 Å². The maximum Gasteiger partial charge on any atom is 0.0811 e. The van der Waals surface area contributed by atoms with Crippen LogP contribution < -0.4 is 10.4 Å². The summed E-state index contributed by atoms with van der Waals surface area (Å²) in [4.78, 5) is 0. The third kappa shape index (κ3) is 6.76. The van der Waals surface area contributed by atoms with Gasteiger partial charge in [-0.15, -0.1) is 0 Å². The average molecular weight is 323 g/mol. The molecular weight excluding hydrogens is 296 g/mol. The van der Waals surface area contributed by atoms with Crippen molar-refractivity contribution in [2.24, 2.45) is 0 Å². The van der Waals surface area contributed by atoms with Crippen LogP contribution in [-0.2, 0) is 0 Å². The summed E-state index contributed by atoms with van der Waals surface area (Å²) in [6.45, 7) is 2.29. The van der Waals surface area contributed by atoms with Crippen LogP contribution in [0.25, 0.3) is 0 Å². The van der Waals surface area contributed by atoms with Gasteiger partial charge in [0.25, 0.3) is 0 Å². The van der Waals surface area contributed by atoms with Crippen molar-refractivity contribution in [2.45, 2.75) is 50.6 Å². The van der Waals surface area contributed by atoms with Gasteiger partial charge in [0.1, 0.15) is 0 Å². The van der Waals surface area contributed by atoms with Crippen molar-refractivity contribution < 1.29 is 0 Å². The molecule has 2 aromatic carbocycles. The second kappa shape index (κ2) is 10.6. The highest BCUT2D eigenvalue weighted by molar-refractivity contribution is 6.73. The maximum atomic E-state index is 2.29. The van der Waals surface area contributed by atoms with Crippen LogP contribution >= 0.6 is 0 Å². The maximum absolute atomic E-state index is 2.29. The molecule has 0 unspecified atom stereocenters. The van der Waals surface area contributed by atoms with Gasteiger partial charge >= 0.3 is 0 Å². The number of hydrogen-bond donors (Lipinski definition) is 0. The van der Waals surface area contributed by atoms with Crippen LogP contribution in [0.3, 0.4) is 0 Å². The van der Waals surface area contributed by atoms with Gasteiger partial charge in [-0.1, -0.05) is 116 Å². The molecule has 0 heterocycles. The van der Waals surface area contributed by atoms with E-state index in [2.05, 4.69) is 67.6 Å². The SMILES string of the molecule is CCCCCCCC([Si]c1ccccc1)[Si]c1ccccc1. The van der Waals surface area contributed by atoms with E-state index in [1.165, 1.54) is 48.9 Å². The zero-order valence-electron chi connectivity index (χ0n) is 13.6. The van der Waals surface area contributed by atoms with Crippen LogP contribution in [0.2, 0.25) is 5.16 Å². The number of hydrogen-bond acceptors (Lipinski definition) is 0. The summed E-state index contributed by atoms with van der Waals surface area (Å²) in [5.74, 6) is 0. The minimum Gasteiger partial charge on any atom is -0.0654 e. The Bertz CT molecular complexity index is 454. The van der Waals surface area contributed by atoms with Crippen LogP contribution in [0.15, 0.2) is 60.7 Å². The fourth-order valence-corrected chi connectivity index (χ4v) is 6.16. The van der Waals surface area contributed by atoms with E-state index in [-0.39, 0.29) is 0 Å². The lowest BCUT2D eigenvalue weighted by molar-refractivity contribution is 0.617. The van der Waals surface area contributed by atoms with Crippen molar-refractivity contribution in [3.8, 4) is 0 Å². The Kier molecular flexibility index (Phi) is 8.28. The fourth-order valence-electron chi connectivity index (χ4n) is 2.60. The second-order valence-electron chi connectivity index (χ2n) is 5.78. The van der Waals surface area contributed by atoms with E-state index in [4.69, 9.17) is 0 Å². The van der Waals surface area contributed by atoms with Crippen molar-refractivity contribution >= 4 is 29.4 Å². The molecule has 114 valence electrons. The van der Waals surface area contributed by atoms with Gasteiger partial charge in [-0.05, 0) is 5.16 Å². The number of unbranched alkanes of at least 4 members (excludes halogenated alkanes) is 4. The first-order valence-corrected chi connectivity index (χ1v) is 10.7. The molecule has 4 radical (unpaired) electrons. The van der Waals surface area contributed by atoms with Crippen LogP contribution in [0, 0.1) is 0 Å². The Hall–Kier alpha value is -1.13. The predicted molar refractivity (Wildman–Crippen MR) is 101 cm³/mol. The number of rotatable bonds is 10. The Labute approximate surface area is 141 Å². The lowest BCUT2D eigenvalue weighted by atomic mass is 10.1. The normalized spacial score (nSPS) is 11.0. The van der Waals surface area contributed by atoms with Gasteiger partial charge < -0.3 is 0 Å². The van der Waals surface area contributed by atoms with Gasteiger partial charge in [-0.2, -0.15) is 0 Å². The molecule has 0 aliphatic carbocycles. The summed E-state index contributed by atoms with van der Waals surface area (Å²) in [5, 5.41) is 3.86. The molecule has 0 nitrogen and oxygen atoms in total. The van der Waals surface area contributed by atoms with Crippen LogP contribution in [-0.4, -0.2) is 19.0 Å². The minimum atomic E-state index is 0.825. The molecule has 0 saturated heterocycles. The standard InChI is InChI=1S/C20H26Si2/c1-2-3-4-5-12-17-20(21-18-13-8-6-9-14-18)22-19-15-10-7-11-16-19/h6-11,13-16,20H,2-5,12,17H2,1H3. The molecule has 0 spiro atoms. The summed E-state index contributed by atoms with van der Waals surface area (Å²) >= 11 is 0. The quantitative estimate of drug-likeness (QED) is 0.455. The van der Waals surface area contributed by atoms with Gasteiger partial charge in [-0.3, -0.25) is 0 Å². The highest BCUT2D eigenvalue weighted by atomic mass is 28.3. The lowest BCUT2D eigenvalue weighted by Gasteiger charge is -2.15. The van der Waals surface area contributed by atoms with E-state index in [9.17, 15) is 0 Å². The van der Waals surface area contributed by atoms with E-state index in [0.717, 1.165) is 24.2 Å². The first-order chi connectivity index (χ1) is 10.9. The van der Waals surface area contributed by atoms with Crippen LogP contribution in [0.1, 0.15) is 45.4 Å². The van der Waals surface area contributed by atoms with E-state index in [0.29, 0.717) is 0 Å². The first-order valence-electron chi connectivity index (χ1n) is 8.51. The van der Waals surface area contributed by atoms with Crippen molar-refractivity contribution in [3.63, 3.8) is 0 Å². The van der Waals surface area contributed by atoms with Gasteiger partial charge in [0.15, 0.2) is 0 Å². The van der Waals surface area contributed by atoms with E-state index in [1.54, 1.807) is 0 Å². The molecule has 0 aliphatic heterocycles. The summed E-state index contributed by atoms with van der Waals surface area (Å²) in [7, 11) is 1.89. The van der Waals surface area contributed by atoms with Crippen molar-refractivity contribution in [2.75, 3.05) is 0 Å². The van der Waals surface area contributed by atoms with Crippen molar-refractivity contribution in [1.82, 2.24) is 0 Å². The molecule has 0 saturated carbocycles. The van der Waals surface area contributed by atoms with E-state index >= 15 is 0 Å². The average Bonchev–Trinajstić information content (AvgIpc) is 2.56. The lowest BCUT2D eigenvalue weighted by Crippen LogP contribution is -2.29. The molecule has 2 rings (SSSR count). The Morgan fingerprint density at radius 3 is 1.68 bits per heavy atom. The first kappa shape index (κ1) is 17.2. The van der Waals surface area contributed by atoms with Crippen LogP contribution in [0.4, 0.5) is 0 Å². The molecule has 2 heteroatoms. The zero-order valence-corrected chi connectivity index (χ0v) is 15.6. The molecule has 0 aromatic heterocycles. The largest absolute Gasteiger partial charge is 0.0811 e. The summed E-state index contributed by atoms with van der Waals surface area (Å²) < 4.78 is 0. The van der Waals surface area contributed by atoms with Gasteiger partial charge in [0.2, 0.25) is 0 Å². The molecule has 0 aliphatic rings. The van der Waals surface area contributed by atoms with Crippen LogP contribution in [0.5, 0.6) is 0 Å². The molecule has 0 fully saturated rings. The summed E-state index contributed by atoms with van der Waals surface area (Å²) in [6.07, 6.45) is 8.32. The third-order valence-electron chi connectivity index (χ3n) is 3.83. The molecule has 22 heavy (non-hydrogen) atoms. The van der Waals surface area contributed by atoms with Crippen molar-refractivity contribution in [1.29, 1.82) is 0 Å². The molecule has 0 N–H and O–H groups in total. The molecular formula is C20H26Si2. The summed E-state index contributed by atoms with van der Waals surface area (Å²) in [6, 6.07) is 22.1. The molecule has 0 amide bonds. The molecule has 0 atom stereocenters. The third-order valence-corrected chi connectivity index (χ3v) is 7.30. The smallest absolute Gasteiger partial charge is 0.0654 e. The minimum absolute atomic E-state index is 0.825. The Morgan fingerprint density at radius 2 is 1.18 bits per heavy atom. The van der Waals surface area contributed by atoms with E-state index < -0.39 is 0 Å². The number of benzene rings is 2. The predicted octanol–water partition coefficient (Wildman–Crippen LogP) is 4.15. The van der Waals surface area contributed by atoms with Gasteiger partial charge in [0.05, 0.1) is 19.0 Å². The highest BCUT2D eigenvalue weighted by Crippen LogP contribution is 2.15. The molecule has 2 aromatic rings. The topological polar surface area (TPSA) is 0 Å². The fraction of sp³-hybridized carbons (Fsp3) is 0.400. The monoisotopic (exact) mass is 322 g/mol. The second-order valence-corrected chi connectivity index (χ2v) is 9.48. The Balaban J connectivity index is 1.88. The zero-order chi connectivity index (χ0) is 15.5. The van der Waals surface area contributed by atoms with Gasteiger partial charge in [-0.25, -0.2) is 0 Å². The van der Waals surface area contributed by atoms with Crippen molar-refractivity contribution in [3.05, 3.63) is 60.7 Å².